The van der Waals surface area contributed by atoms with Crippen molar-refractivity contribution < 1.29 is 17.9 Å². The highest BCUT2D eigenvalue weighted by molar-refractivity contribution is 9.11. The second-order valence-electron chi connectivity index (χ2n) is 4.00. The van der Waals surface area contributed by atoms with E-state index in [-0.39, 0.29) is 11.7 Å². The van der Waals surface area contributed by atoms with Crippen molar-refractivity contribution in [2.75, 3.05) is 12.4 Å². The molecule has 1 aromatic heterocycles. The summed E-state index contributed by atoms with van der Waals surface area (Å²) < 4.78 is 45.3. The van der Waals surface area contributed by atoms with E-state index in [9.17, 15) is 13.2 Å². The second kappa shape index (κ2) is 6.23. The highest BCUT2D eigenvalue weighted by Gasteiger charge is 2.32. The van der Waals surface area contributed by atoms with Crippen molar-refractivity contribution >= 4 is 37.7 Å². The molecule has 21 heavy (non-hydrogen) atoms. The normalized spacial score (nSPS) is 11.3. The molecule has 3 nitrogen and oxygen atoms in total. The second-order valence-corrected chi connectivity index (χ2v) is 5.77. The van der Waals surface area contributed by atoms with Crippen molar-refractivity contribution in [2.45, 2.75) is 6.18 Å². The zero-order valence-corrected chi connectivity index (χ0v) is 13.8. The standard InChI is InChI=1S/C13H9Br2F3N2O/c1-19-11-4-7(13(16,17)18)5-12(20-11)21-10-3-2-8(14)6-9(10)15/h2-6H,1H3,(H,19,20). The van der Waals surface area contributed by atoms with Crippen LogP contribution in [0.25, 0.3) is 0 Å². The van der Waals surface area contributed by atoms with Crippen LogP contribution in [0.2, 0.25) is 0 Å². The van der Waals surface area contributed by atoms with Gasteiger partial charge in [0.15, 0.2) is 0 Å². The molecule has 0 aliphatic carbocycles. The van der Waals surface area contributed by atoms with E-state index in [0.717, 1.165) is 16.6 Å². The van der Waals surface area contributed by atoms with Crippen LogP contribution in [0.3, 0.4) is 0 Å². The summed E-state index contributed by atoms with van der Waals surface area (Å²) >= 11 is 6.56. The SMILES string of the molecule is CNc1cc(C(F)(F)F)cc(Oc2ccc(Br)cc2Br)n1. The van der Waals surface area contributed by atoms with Crippen molar-refractivity contribution in [3.63, 3.8) is 0 Å². The van der Waals surface area contributed by atoms with Gasteiger partial charge in [-0.2, -0.15) is 18.2 Å². The topological polar surface area (TPSA) is 34.1 Å². The molecule has 8 heteroatoms. The molecule has 0 unspecified atom stereocenters. The first-order chi connectivity index (χ1) is 9.79. The van der Waals surface area contributed by atoms with Gasteiger partial charge in [0.1, 0.15) is 11.6 Å². The Hall–Kier alpha value is -1.28. The van der Waals surface area contributed by atoms with Gasteiger partial charge < -0.3 is 10.1 Å². The molecular weight excluding hydrogens is 417 g/mol. The van der Waals surface area contributed by atoms with E-state index in [1.54, 1.807) is 18.2 Å². The van der Waals surface area contributed by atoms with Crippen LogP contribution in [0.15, 0.2) is 39.3 Å². The molecule has 112 valence electrons. The molecule has 0 spiro atoms. The Kier molecular flexibility index (Phi) is 4.77. The van der Waals surface area contributed by atoms with Crippen molar-refractivity contribution in [2.24, 2.45) is 0 Å². The molecular formula is C13H9Br2F3N2O. The number of nitrogens with one attached hydrogen (secondary N) is 1. The Morgan fingerprint density at radius 3 is 2.43 bits per heavy atom. The van der Waals surface area contributed by atoms with Gasteiger partial charge in [0.05, 0.1) is 10.0 Å². The van der Waals surface area contributed by atoms with E-state index in [2.05, 4.69) is 42.2 Å². The molecule has 1 N–H and O–H groups in total. The third-order valence-electron chi connectivity index (χ3n) is 2.49. The number of aromatic nitrogens is 1. The maximum absolute atomic E-state index is 12.8. The summed E-state index contributed by atoms with van der Waals surface area (Å²) in [6, 6.07) is 6.84. The molecule has 1 aromatic carbocycles. The van der Waals surface area contributed by atoms with E-state index in [0.29, 0.717) is 10.2 Å². The van der Waals surface area contributed by atoms with Gasteiger partial charge in [-0.3, -0.25) is 0 Å². The predicted octanol–water partition coefficient (Wildman–Crippen LogP) is 5.46. The largest absolute Gasteiger partial charge is 0.438 e. The van der Waals surface area contributed by atoms with Crippen molar-refractivity contribution in [1.82, 2.24) is 4.98 Å². The van der Waals surface area contributed by atoms with Gasteiger partial charge in [0, 0.05) is 17.6 Å². The molecule has 0 saturated heterocycles. The highest BCUT2D eigenvalue weighted by atomic mass is 79.9. The van der Waals surface area contributed by atoms with Gasteiger partial charge in [-0.1, -0.05) is 15.9 Å². The maximum Gasteiger partial charge on any atom is 0.416 e. The Morgan fingerprint density at radius 1 is 1.14 bits per heavy atom. The summed E-state index contributed by atoms with van der Waals surface area (Å²) in [5.74, 6) is 0.303. The van der Waals surface area contributed by atoms with Gasteiger partial charge in [0.2, 0.25) is 5.88 Å². The first kappa shape index (κ1) is 16.1. The fourth-order valence-electron chi connectivity index (χ4n) is 1.52. The summed E-state index contributed by atoms with van der Waals surface area (Å²) in [5.41, 5.74) is -0.829. The van der Waals surface area contributed by atoms with E-state index in [1.165, 1.54) is 7.05 Å². The van der Waals surface area contributed by atoms with Crippen molar-refractivity contribution in [1.29, 1.82) is 0 Å². The third kappa shape index (κ3) is 4.10. The fourth-order valence-corrected chi connectivity index (χ4v) is 2.65. The Morgan fingerprint density at radius 2 is 1.86 bits per heavy atom. The quantitative estimate of drug-likeness (QED) is 0.708. The van der Waals surface area contributed by atoms with E-state index >= 15 is 0 Å². The zero-order chi connectivity index (χ0) is 15.6. The number of pyridine rings is 1. The van der Waals surface area contributed by atoms with Gasteiger partial charge in [0.25, 0.3) is 0 Å². The summed E-state index contributed by atoms with van der Waals surface area (Å²) in [5, 5.41) is 2.58. The molecule has 0 atom stereocenters. The van der Waals surface area contributed by atoms with Crippen LogP contribution >= 0.6 is 31.9 Å². The zero-order valence-electron chi connectivity index (χ0n) is 10.6. The molecule has 2 rings (SSSR count). The Labute approximate surface area is 135 Å². The lowest BCUT2D eigenvalue weighted by Crippen LogP contribution is -2.07. The molecule has 0 saturated carbocycles. The van der Waals surface area contributed by atoms with Crippen LogP contribution in [0.1, 0.15) is 5.56 Å². The van der Waals surface area contributed by atoms with Crippen molar-refractivity contribution in [3.05, 3.63) is 44.8 Å². The molecule has 0 radical (unpaired) electrons. The van der Waals surface area contributed by atoms with Crippen LogP contribution in [-0.2, 0) is 6.18 Å². The smallest absolute Gasteiger partial charge is 0.416 e. The minimum absolute atomic E-state index is 0.0769. The number of rotatable bonds is 3. The molecule has 0 fully saturated rings. The predicted molar refractivity (Wildman–Crippen MR) is 80.7 cm³/mol. The number of anilines is 1. The van der Waals surface area contributed by atoms with E-state index in [4.69, 9.17) is 4.74 Å². The monoisotopic (exact) mass is 424 g/mol. The molecule has 0 bridgehead atoms. The van der Waals surface area contributed by atoms with Crippen LogP contribution < -0.4 is 10.1 Å². The number of nitrogens with zero attached hydrogens (tertiary/aromatic N) is 1. The van der Waals surface area contributed by atoms with Gasteiger partial charge in [-0.15, -0.1) is 0 Å². The number of alkyl halides is 3. The minimum atomic E-state index is -4.47. The van der Waals surface area contributed by atoms with Crippen molar-refractivity contribution in [3.8, 4) is 11.6 Å². The van der Waals surface area contributed by atoms with Gasteiger partial charge in [-0.05, 0) is 40.2 Å². The van der Waals surface area contributed by atoms with Crippen LogP contribution in [0.4, 0.5) is 19.0 Å². The number of halogens is 5. The lowest BCUT2D eigenvalue weighted by molar-refractivity contribution is -0.137. The fraction of sp³-hybridized carbons (Fsp3) is 0.154. The lowest BCUT2D eigenvalue weighted by atomic mass is 10.2. The van der Waals surface area contributed by atoms with Gasteiger partial charge in [-0.25, -0.2) is 0 Å². The van der Waals surface area contributed by atoms with Crippen LogP contribution in [-0.4, -0.2) is 12.0 Å². The first-order valence-electron chi connectivity index (χ1n) is 5.69. The number of benzene rings is 1. The average Bonchev–Trinajstić information content (AvgIpc) is 2.40. The van der Waals surface area contributed by atoms with E-state index < -0.39 is 11.7 Å². The Balaban J connectivity index is 2.39. The molecule has 0 aliphatic heterocycles. The number of hydrogen-bond acceptors (Lipinski definition) is 3. The highest BCUT2D eigenvalue weighted by Crippen LogP contribution is 2.36. The number of hydrogen-bond donors (Lipinski definition) is 1. The summed E-state index contributed by atoms with van der Waals surface area (Å²) in [6.07, 6.45) is -4.47. The number of ether oxygens (including phenoxy) is 1. The van der Waals surface area contributed by atoms with Crippen LogP contribution in [0.5, 0.6) is 11.6 Å². The summed E-state index contributed by atoms with van der Waals surface area (Å²) in [4.78, 5) is 3.96. The molecule has 1 heterocycles. The molecule has 0 amide bonds. The van der Waals surface area contributed by atoms with Crippen LogP contribution in [0, 0.1) is 0 Å². The summed E-state index contributed by atoms with van der Waals surface area (Å²) in [7, 11) is 1.49. The maximum atomic E-state index is 12.8. The Bertz CT molecular complexity index is 662. The first-order valence-corrected chi connectivity index (χ1v) is 7.28. The van der Waals surface area contributed by atoms with Gasteiger partial charge >= 0.3 is 6.18 Å². The lowest BCUT2D eigenvalue weighted by Gasteiger charge is -2.12. The average molecular weight is 426 g/mol. The third-order valence-corrected chi connectivity index (χ3v) is 3.61. The minimum Gasteiger partial charge on any atom is -0.438 e. The molecule has 2 aromatic rings. The van der Waals surface area contributed by atoms with E-state index in [1.807, 2.05) is 0 Å². The summed E-state index contributed by atoms with van der Waals surface area (Å²) in [6.45, 7) is 0. The molecule has 0 aliphatic rings.